The summed E-state index contributed by atoms with van der Waals surface area (Å²) in [4.78, 5) is 10.1. The van der Waals surface area contributed by atoms with E-state index in [1.807, 2.05) is 24.3 Å². The first-order valence-electron chi connectivity index (χ1n) is 4.25. The van der Waals surface area contributed by atoms with Gasteiger partial charge in [-0.25, -0.2) is 0 Å². The van der Waals surface area contributed by atoms with Crippen LogP contribution in [0.4, 0.5) is 0 Å². The van der Waals surface area contributed by atoms with Gasteiger partial charge in [0.05, 0.1) is 0 Å². The minimum Gasteiger partial charge on any atom is -0.331 e. The summed E-state index contributed by atoms with van der Waals surface area (Å²) in [6, 6.07) is 8.00. The molecule has 0 saturated carbocycles. The molecule has 15 heavy (non-hydrogen) atoms. The van der Waals surface area contributed by atoms with Crippen molar-refractivity contribution < 1.29 is 13.9 Å². The van der Waals surface area contributed by atoms with Crippen molar-refractivity contribution in [3.05, 3.63) is 27.8 Å². The molecule has 1 aromatic carbocycles. The molecule has 6 heteroatoms. The highest BCUT2D eigenvalue weighted by atomic mass is 32.2. The van der Waals surface area contributed by atoms with E-state index in [-0.39, 0.29) is 0 Å². The third kappa shape index (κ3) is 2.04. The van der Waals surface area contributed by atoms with Crippen LogP contribution in [0.15, 0.2) is 24.3 Å². The molecule has 0 atom stereocenters. The molecule has 0 bridgehead atoms. The summed E-state index contributed by atoms with van der Waals surface area (Å²) in [7, 11) is 0.114. The van der Waals surface area contributed by atoms with E-state index >= 15 is 0 Å². The largest absolute Gasteiger partial charge is 0.331 e. The fourth-order valence-corrected chi connectivity index (χ4v) is 5.98. The van der Waals surface area contributed by atoms with Crippen LogP contribution in [0.25, 0.3) is 9.40 Å². The number of benzene rings is 1. The maximum atomic E-state index is 10.1. The van der Waals surface area contributed by atoms with Gasteiger partial charge in [-0.2, -0.15) is 0 Å². The SMILES string of the molecule is COP(O)(OC)=c1sc2ccccc2s1. The Labute approximate surface area is 95.8 Å². The molecule has 0 aliphatic carbocycles. The second kappa shape index (κ2) is 4.37. The number of hydrogen-bond donors (Lipinski definition) is 1. The van der Waals surface area contributed by atoms with Gasteiger partial charge < -0.3 is 13.9 Å². The Morgan fingerprint density at radius 3 is 1.93 bits per heavy atom. The van der Waals surface area contributed by atoms with Crippen LogP contribution < -0.4 is 0 Å². The zero-order valence-electron chi connectivity index (χ0n) is 8.34. The monoisotopic (exact) mass is 262 g/mol. The van der Waals surface area contributed by atoms with E-state index in [2.05, 4.69) is 0 Å². The normalized spacial score (nSPS) is 12.2. The molecule has 0 unspecified atom stereocenters. The minimum absolute atomic E-state index is 0.800. The molecule has 1 aromatic heterocycles. The topological polar surface area (TPSA) is 38.7 Å². The molecule has 0 spiro atoms. The van der Waals surface area contributed by atoms with Crippen molar-refractivity contribution >= 4 is 39.6 Å². The highest BCUT2D eigenvalue weighted by Gasteiger charge is 2.15. The first-order valence-corrected chi connectivity index (χ1v) is 7.46. The van der Waals surface area contributed by atoms with Crippen LogP contribution in [0.2, 0.25) is 0 Å². The molecule has 3 nitrogen and oxygen atoms in total. The maximum absolute atomic E-state index is 10.1. The predicted octanol–water partition coefficient (Wildman–Crippen LogP) is 3.54. The van der Waals surface area contributed by atoms with Crippen LogP contribution in [-0.4, -0.2) is 19.1 Å². The van der Waals surface area contributed by atoms with Crippen LogP contribution in [0.3, 0.4) is 0 Å². The first-order chi connectivity index (χ1) is 7.19. The number of rotatable bonds is 2. The zero-order valence-corrected chi connectivity index (χ0v) is 10.9. The van der Waals surface area contributed by atoms with Crippen LogP contribution in [-0.2, 0) is 9.05 Å². The van der Waals surface area contributed by atoms with E-state index in [1.54, 1.807) is 0 Å². The van der Waals surface area contributed by atoms with Crippen molar-refractivity contribution in [2.75, 3.05) is 14.2 Å². The molecular formula is C9H11O3PS2. The second-order valence-corrected chi connectivity index (χ2v) is 7.99. The lowest BCUT2D eigenvalue weighted by Gasteiger charge is -2.11. The molecule has 0 aliphatic heterocycles. The third-order valence-electron chi connectivity index (χ3n) is 1.97. The Morgan fingerprint density at radius 2 is 1.53 bits per heavy atom. The highest BCUT2D eigenvalue weighted by Crippen LogP contribution is 2.51. The lowest BCUT2D eigenvalue weighted by molar-refractivity contribution is 0.260. The van der Waals surface area contributed by atoms with E-state index in [4.69, 9.17) is 9.05 Å². The van der Waals surface area contributed by atoms with Crippen molar-refractivity contribution in [2.24, 2.45) is 0 Å². The van der Waals surface area contributed by atoms with E-state index in [1.165, 1.54) is 36.9 Å². The van der Waals surface area contributed by atoms with E-state index in [0.29, 0.717) is 0 Å². The van der Waals surface area contributed by atoms with Crippen molar-refractivity contribution in [3.8, 4) is 0 Å². The molecule has 0 aliphatic rings. The molecule has 2 aromatic rings. The Morgan fingerprint density at radius 1 is 1.07 bits per heavy atom. The molecule has 0 fully saturated rings. The van der Waals surface area contributed by atoms with Gasteiger partial charge in [0.1, 0.15) is 0 Å². The van der Waals surface area contributed by atoms with Crippen LogP contribution in [0, 0.1) is 3.57 Å². The Balaban J connectivity index is 2.82. The first kappa shape index (κ1) is 11.3. The van der Waals surface area contributed by atoms with Gasteiger partial charge in [0, 0.05) is 23.6 Å². The van der Waals surface area contributed by atoms with Gasteiger partial charge in [-0.1, -0.05) is 12.1 Å². The Hall–Kier alpha value is -0.160. The second-order valence-electron chi connectivity index (χ2n) is 2.80. The summed E-state index contributed by atoms with van der Waals surface area (Å²) < 4.78 is 13.2. The summed E-state index contributed by atoms with van der Waals surface area (Å²) in [5.74, 6) is 0. The lowest BCUT2D eigenvalue weighted by atomic mass is 10.4. The quantitative estimate of drug-likeness (QED) is 0.841. The molecule has 0 saturated heterocycles. The van der Waals surface area contributed by atoms with Gasteiger partial charge in [-0.3, -0.25) is 0 Å². The molecule has 2 rings (SSSR count). The fraction of sp³-hybridized carbons (Fsp3) is 0.222. The summed E-state index contributed by atoms with van der Waals surface area (Å²) in [5.41, 5.74) is 0. The average Bonchev–Trinajstić information content (AvgIpc) is 2.72. The Bertz CT molecular complexity index is 513. The van der Waals surface area contributed by atoms with Gasteiger partial charge in [-0.05, 0) is 12.1 Å². The lowest BCUT2D eigenvalue weighted by Crippen LogP contribution is -1.85. The number of fused-ring (bicyclic) bond motifs is 1. The Kier molecular flexibility index (Phi) is 3.30. The maximum Gasteiger partial charge on any atom is 0.282 e. The van der Waals surface area contributed by atoms with Crippen molar-refractivity contribution in [2.45, 2.75) is 0 Å². The van der Waals surface area contributed by atoms with Crippen LogP contribution >= 0.6 is 30.2 Å². The molecule has 0 radical (unpaired) electrons. The van der Waals surface area contributed by atoms with Gasteiger partial charge in [0.25, 0.3) is 7.57 Å². The molecule has 0 amide bonds. The summed E-state index contributed by atoms with van der Waals surface area (Å²) in [5, 5.41) is 0. The minimum atomic E-state index is -2.82. The van der Waals surface area contributed by atoms with Crippen molar-refractivity contribution in [1.29, 1.82) is 0 Å². The van der Waals surface area contributed by atoms with Gasteiger partial charge >= 0.3 is 0 Å². The third-order valence-corrected chi connectivity index (χ3v) is 7.48. The highest BCUT2D eigenvalue weighted by molar-refractivity contribution is 7.61. The van der Waals surface area contributed by atoms with Gasteiger partial charge in [-0.15, -0.1) is 22.7 Å². The summed E-state index contributed by atoms with van der Waals surface area (Å²) in [6.45, 7) is 0. The summed E-state index contributed by atoms with van der Waals surface area (Å²) >= 11 is 3.04. The van der Waals surface area contributed by atoms with Crippen LogP contribution in [0.5, 0.6) is 0 Å². The van der Waals surface area contributed by atoms with Gasteiger partial charge in [0.15, 0.2) is 3.57 Å². The standard InChI is InChI=1S/C9H11O3PS2/c1-11-13(10,12-2)9-14-7-5-3-4-6-8(7)15-9/h3-6,10H,1-2H3. The average molecular weight is 262 g/mol. The zero-order chi connectivity index (χ0) is 10.9. The van der Waals surface area contributed by atoms with E-state index in [0.717, 1.165) is 13.0 Å². The number of hydrogen-bond acceptors (Lipinski definition) is 5. The molecule has 1 N–H and O–H groups in total. The van der Waals surface area contributed by atoms with Gasteiger partial charge in [0.2, 0.25) is 0 Å². The summed E-state index contributed by atoms with van der Waals surface area (Å²) in [6.07, 6.45) is 0. The van der Waals surface area contributed by atoms with Crippen LogP contribution in [0.1, 0.15) is 0 Å². The predicted molar refractivity (Wildman–Crippen MR) is 66.1 cm³/mol. The smallest absolute Gasteiger partial charge is 0.282 e. The van der Waals surface area contributed by atoms with E-state index in [9.17, 15) is 4.89 Å². The van der Waals surface area contributed by atoms with Crippen molar-refractivity contribution in [1.82, 2.24) is 0 Å². The fourth-order valence-electron chi connectivity index (χ4n) is 1.17. The van der Waals surface area contributed by atoms with Crippen molar-refractivity contribution in [3.63, 3.8) is 0 Å². The van der Waals surface area contributed by atoms with E-state index < -0.39 is 7.57 Å². The molecule has 1 heterocycles. The molecule has 82 valence electrons. The molecular weight excluding hydrogens is 251 g/mol.